The normalized spacial score (nSPS) is 12.7. The number of halogens is 2. The lowest BCUT2D eigenvalue weighted by molar-refractivity contribution is 0.639. The molecule has 0 saturated carbocycles. The highest BCUT2D eigenvalue weighted by molar-refractivity contribution is 9.11. The first-order chi connectivity index (χ1) is 7.72. The zero-order valence-corrected chi connectivity index (χ0v) is 11.4. The second-order valence-corrected chi connectivity index (χ2v) is 6.00. The molecule has 1 atom stereocenters. The molecule has 1 aromatic carbocycles. The van der Waals surface area contributed by atoms with Gasteiger partial charge in [0.15, 0.2) is 0 Å². The van der Waals surface area contributed by atoms with Crippen LogP contribution < -0.4 is 11.3 Å². The molecule has 3 N–H and O–H groups in total. The van der Waals surface area contributed by atoms with Crippen molar-refractivity contribution >= 4 is 38.9 Å². The van der Waals surface area contributed by atoms with E-state index in [4.69, 9.17) is 17.4 Å². The topological polar surface area (TPSA) is 38.0 Å². The maximum absolute atomic E-state index is 6.15. The first-order valence-electron chi connectivity index (χ1n) is 4.67. The van der Waals surface area contributed by atoms with E-state index in [1.54, 1.807) is 11.3 Å². The molecule has 5 heteroatoms. The van der Waals surface area contributed by atoms with Crippen molar-refractivity contribution < 1.29 is 0 Å². The molecule has 1 unspecified atom stereocenters. The molecular formula is C11H10BrClN2S. The van der Waals surface area contributed by atoms with Gasteiger partial charge in [0.05, 0.1) is 9.83 Å². The molecule has 0 aliphatic carbocycles. The second kappa shape index (κ2) is 5.29. The number of rotatable bonds is 3. The van der Waals surface area contributed by atoms with E-state index in [0.717, 1.165) is 14.9 Å². The third kappa shape index (κ3) is 2.47. The Bertz CT molecular complexity index is 486. The van der Waals surface area contributed by atoms with Crippen molar-refractivity contribution in [3.8, 4) is 0 Å². The van der Waals surface area contributed by atoms with Crippen LogP contribution in [0.15, 0.2) is 39.5 Å². The molecule has 0 bridgehead atoms. The Morgan fingerprint density at radius 3 is 2.69 bits per heavy atom. The van der Waals surface area contributed by atoms with Crippen LogP contribution in [0, 0.1) is 0 Å². The van der Waals surface area contributed by atoms with Crippen LogP contribution in [0.4, 0.5) is 0 Å². The zero-order valence-electron chi connectivity index (χ0n) is 8.28. The lowest BCUT2D eigenvalue weighted by atomic mass is 10.0. The van der Waals surface area contributed by atoms with Gasteiger partial charge in [-0.1, -0.05) is 29.8 Å². The summed E-state index contributed by atoms with van der Waals surface area (Å²) in [4.78, 5) is 0. The van der Waals surface area contributed by atoms with Gasteiger partial charge in [-0.05, 0) is 44.6 Å². The molecular weight excluding hydrogens is 308 g/mol. The second-order valence-electron chi connectivity index (χ2n) is 3.31. The van der Waals surface area contributed by atoms with Crippen molar-refractivity contribution in [2.45, 2.75) is 6.04 Å². The number of hydrazine groups is 1. The Morgan fingerprint density at radius 2 is 2.12 bits per heavy atom. The van der Waals surface area contributed by atoms with Gasteiger partial charge in [-0.3, -0.25) is 5.84 Å². The highest BCUT2D eigenvalue weighted by Crippen LogP contribution is 2.31. The molecule has 84 valence electrons. The van der Waals surface area contributed by atoms with Crippen molar-refractivity contribution in [3.63, 3.8) is 0 Å². The lowest BCUT2D eigenvalue weighted by Crippen LogP contribution is -2.28. The first-order valence-corrected chi connectivity index (χ1v) is 6.72. The third-order valence-corrected chi connectivity index (χ3v) is 4.17. The standard InChI is InChI=1S/C11H10BrClN2S/c12-10-5-7(6-16-10)11(15-14)8-3-1-2-4-9(8)13/h1-6,11,15H,14H2. The molecule has 1 heterocycles. The summed E-state index contributed by atoms with van der Waals surface area (Å²) in [5.74, 6) is 5.60. The van der Waals surface area contributed by atoms with Crippen molar-refractivity contribution in [1.82, 2.24) is 5.43 Å². The largest absolute Gasteiger partial charge is 0.271 e. The zero-order chi connectivity index (χ0) is 11.5. The fourth-order valence-electron chi connectivity index (χ4n) is 1.55. The minimum Gasteiger partial charge on any atom is -0.271 e. The van der Waals surface area contributed by atoms with Crippen LogP contribution in [0.2, 0.25) is 5.02 Å². The van der Waals surface area contributed by atoms with E-state index in [0.29, 0.717) is 5.02 Å². The van der Waals surface area contributed by atoms with Crippen LogP contribution >= 0.6 is 38.9 Å². The molecule has 0 aliphatic heterocycles. The molecule has 0 saturated heterocycles. The average Bonchev–Trinajstić information content (AvgIpc) is 2.69. The molecule has 0 spiro atoms. The fourth-order valence-corrected chi connectivity index (χ4v) is 3.00. The van der Waals surface area contributed by atoms with Gasteiger partial charge < -0.3 is 0 Å². The molecule has 2 aromatic rings. The fraction of sp³-hybridized carbons (Fsp3) is 0.0909. The summed E-state index contributed by atoms with van der Waals surface area (Å²) >= 11 is 11.2. The van der Waals surface area contributed by atoms with Crippen LogP contribution in [0.1, 0.15) is 17.2 Å². The van der Waals surface area contributed by atoms with E-state index in [1.807, 2.05) is 30.3 Å². The molecule has 2 rings (SSSR count). The highest BCUT2D eigenvalue weighted by Gasteiger charge is 2.16. The van der Waals surface area contributed by atoms with Gasteiger partial charge >= 0.3 is 0 Å². The molecule has 0 radical (unpaired) electrons. The maximum Gasteiger partial charge on any atom is 0.0732 e. The number of hydrogen-bond acceptors (Lipinski definition) is 3. The number of thiophene rings is 1. The molecule has 0 fully saturated rings. The summed E-state index contributed by atoms with van der Waals surface area (Å²) in [6.45, 7) is 0. The number of nitrogens with two attached hydrogens (primary N) is 1. The van der Waals surface area contributed by atoms with E-state index in [9.17, 15) is 0 Å². The van der Waals surface area contributed by atoms with Crippen LogP contribution in [0.25, 0.3) is 0 Å². The monoisotopic (exact) mass is 316 g/mol. The Balaban J connectivity index is 2.40. The number of benzene rings is 1. The molecule has 2 nitrogen and oxygen atoms in total. The number of hydrogen-bond donors (Lipinski definition) is 2. The van der Waals surface area contributed by atoms with Gasteiger partial charge in [-0.25, -0.2) is 5.43 Å². The van der Waals surface area contributed by atoms with Crippen LogP contribution in [0.5, 0.6) is 0 Å². The number of nitrogens with one attached hydrogen (secondary N) is 1. The van der Waals surface area contributed by atoms with E-state index < -0.39 is 0 Å². The predicted molar refractivity (Wildman–Crippen MR) is 72.6 cm³/mol. The summed E-state index contributed by atoms with van der Waals surface area (Å²) in [7, 11) is 0. The van der Waals surface area contributed by atoms with Gasteiger partial charge in [0.2, 0.25) is 0 Å². The summed E-state index contributed by atoms with van der Waals surface area (Å²) in [5.41, 5.74) is 4.88. The SMILES string of the molecule is NNC(c1csc(Br)c1)c1ccccc1Cl. The highest BCUT2D eigenvalue weighted by atomic mass is 79.9. The minimum atomic E-state index is -0.0729. The lowest BCUT2D eigenvalue weighted by Gasteiger charge is -2.16. The van der Waals surface area contributed by atoms with Crippen molar-refractivity contribution in [2.24, 2.45) is 5.84 Å². The predicted octanol–water partition coefficient (Wildman–Crippen LogP) is 3.72. The van der Waals surface area contributed by atoms with E-state index in [2.05, 4.69) is 26.7 Å². The summed E-state index contributed by atoms with van der Waals surface area (Å²) < 4.78 is 1.08. The van der Waals surface area contributed by atoms with Gasteiger partial charge in [0, 0.05) is 5.02 Å². The Hall–Kier alpha value is -0.390. The van der Waals surface area contributed by atoms with E-state index in [1.165, 1.54) is 0 Å². The summed E-state index contributed by atoms with van der Waals surface area (Å²) in [6, 6.07) is 9.66. The summed E-state index contributed by atoms with van der Waals surface area (Å²) in [5, 5.41) is 2.77. The molecule has 1 aromatic heterocycles. The quantitative estimate of drug-likeness (QED) is 0.669. The van der Waals surface area contributed by atoms with E-state index >= 15 is 0 Å². The van der Waals surface area contributed by atoms with Crippen LogP contribution in [-0.2, 0) is 0 Å². The molecule has 0 amide bonds. The van der Waals surface area contributed by atoms with Crippen molar-refractivity contribution in [1.29, 1.82) is 0 Å². The Morgan fingerprint density at radius 1 is 1.38 bits per heavy atom. The van der Waals surface area contributed by atoms with Crippen molar-refractivity contribution in [2.75, 3.05) is 0 Å². The smallest absolute Gasteiger partial charge is 0.0732 e. The molecule has 0 aliphatic rings. The minimum absolute atomic E-state index is 0.0729. The van der Waals surface area contributed by atoms with Crippen LogP contribution in [-0.4, -0.2) is 0 Å². The Kier molecular flexibility index (Phi) is 4.00. The summed E-state index contributed by atoms with van der Waals surface area (Å²) in [6.07, 6.45) is 0. The average molecular weight is 318 g/mol. The maximum atomic E-state index is 6.15. The first kappa shape index (κ1) is 12.1. The van der Waals surface area contributed by atoms with Crippen molar-refractivity contribution in [3.05, 3.63) is 55.6 Å². The third-order valence-electron chi connectivity index (χ3n) is 2.30. The van der Waals surface area contributed by atoms with Gasteiger partial charge in [0.1, 0.15) is 0 Å². The molecule has 16 heavy (non-hydrogen) atoms. The van der Waals surface area contributed by atoms with Gasteiger partial charge in [-0.2, -0.15) is 0 Å². The van der Waals surface area contributed by atoms with E-state index in [-0.39, 0.29) is 6.04 Å². The van der Waals surface area contributed by atoms with Crippen LogP contribution in [0.3, 0.4) is 0 Å². The van der Waals surface area contributed by atoms with Gasteiger partial charge in [0.25, 0.3) is 0 Å². The Labute approximate surface area is 112 Å². The van der Waals surface area contributed by atoms with Gasteiger partial charge in [-0.15, -0.1) is 11.3 Å².